The van der Waals surface area contributed by atoms with E-state index in [1.165, 1.54) is 0 Å². The molecule has 0 aliphatic heterocycles. The van der Waals surface area contributed by atoms with Crippen molar-refractivity contribution in [3.63, 3.8) is 0 Å². The smallest absolute Gasteiger partial charge is 0.325 e. The first-order valence-corrected chi connectivity index (χ1v) is 8.09. The Hall–Kier alpha value is -3.42. The zero-order chi connectivity index (χ0) is 18.5. The predicted molar refractivity (Wildman–Crippen MR) is 94.1 cm³/mol. The van der Waals surface area contributed by atoms with E-state index in [0.717, 1.165) is 11.3 Å². The van der Waals surface area contributed by atoms with Crippen LogP contribution in [0.3, 0.4) is 0 Å². The zero-order valence-corrected chi connectivity index (χ0v) is 14.2. The molecule has 3 aromatic rings. The minimum absolute atomic E-state index is 0.0444. The van der Waals surface area contributed by atoms with Gasteiger partial charge in [-0.05, 0) is 25.5 Å². The monoisotopic (exact) mass is 354 g/mol. The lowest BCUT2D eigenvalue weighted by atomic mass is 10.1. The van der Waals surface area contributed by atoms with Crippen LogP contribution in [0.1, 0.15) is 23.2 Å². The Bertz CT molecular complexity index is 1020. The number of para-hydroxylation sites is 1. The quantitative estimate of drug-likeness (QED) is 0.647. The highest BCUT2D eigenvalue weighted by Crippen LogP contribution is 2.09. The first-order chi connectivity index (χ1) is 12.5. The highest BCUT2D eigenvalue weighted by molar-refractivity contribution is 5.69. The minimum Gasteiger partial charge on any atom is -0.461 e. The third-order valence-corrected chi connectivity index (χ3v) is 3.89. The molecular weight excluding hydrogens is 336 g/mol. The fourth-order valence-corrected chi connectivity index (χ4v) is 2.55. The molecule has 2 N–H and O–H groups in total. The molecule has 0 unspecified atom stereocenters. The molecular formula is C18H18N4O4. The van der Waals surface area contributed by atoms with E-state index in [2.05, 4.69) is 15.1 Å². The van der Waals surface area contributed by atoms with Gasteiger partial charge in [-0.2, -0.15) is 5.10 Å². The second-order valence-corrected chi connectivity index (χ2v) is 5.80. The number of hydrogen-bond acceptors (Lipinski definition) is 5. The van der Waals surface area contributed by atoms with Gasteiger partial charge in [-0.1, -0.05) is 18.2 Å². The summed E-state index contributed by atoms with van der Waals surface area (Å²) in [7, 11) is 0. The van der Waals surface area contributed by atoms with Crippen molar-refractivity contribution in [1.82, 2.24) is 19.7 Å². The number of benzene rings is 1. The van der Waals surface area contributed by atoms with E-state index in [9.17, 15) is 14.4 Å². The zero-order valence-electron chi connectivity index (χ0n) is 14.2. The summed E-state index contributed by atoms with van der Waals surface area (Å²) in [5.74, 6) is -0.428. The van der Waals surface area contributed by atoms with Crippen molar-refractivity contribution in [2.75, 3.05) is 0 Å². The van der Waals surface area contributed by atoms with Gasteiger partial charge >= 0.3 is 11.7 Å². The molecule has 0 aliphatic carbocycles. The van der Waals surface area contributed by atoms with Crippen molar-refractivity contribution in [3.8, 4) is 5.69 Å². The van der Waals surface area contributed by atoms with Gasteiger partial charge in [0.1, 0.15) is 6.61 Å². The standard InChI is InChI=1S/C18H18N4O4/c1-12-15(17(24)21-18(25)20-12)7-8-16(23)26-11-13-9-19-22(10-13)14-5-3-2-4-6-14/h2-6,9-10H,7-8,11H2,1H3,(H2,20,21,24,25). The summed E-state index contributed by atoms with van der Waals surface area (Å²) in [6.45, 7) is 1.72. The summed E-state index contributed by atoms with van der Waals surface area (Å²) in [5.41, 5.74) is 1.46. The van der Waals surface area contributed by atoms with E-state index in [1.54, 1.807) is 24.0 Å². The van der Waals surface area contributed by atoms with Gasteiger partial charge in [0.05, 0.1) is 11.9 Å². The molecule has 0 amide bonds. The normalized spacial score (nSPS) is 10.7. The molecule has 2 aromatic heterocycles. The maximum atomic E-state index is 11.9. The van der Waals surface area contributed by atoms with Gasteiger partial charge in [-0.25, -0.2) is 9.48 Å². The molecule has 1 aromatic carbocycles. The lowest BCUT2D eigenvalue weighted by Gasteiger charge is -2.05. The SMILES string of the molecule is Cc1[nH]c(=O)[nH]c(=O)c1CCC(=O)OCc1cnn(-c2ccccc2)c1. The van der Waals surface area contributed by atoms with Crippen LogP contribution in [-0.2, 0) is 22.6 Å². The van der Waals surface area contributed by atoms with Gasteiger partial charge in [0.15, 0.2) is 0 Å². The summed E-state index contributed by atoms with van der Waals surface area (Å²) in [5, 5.41) is 4.24. The minimum atomic E-state index is -0.561. The molecule has 0 radical (unpaired) electrons. The summed E-state index contributed by atoms with van der Waals surface area (Å²) in [6, 6.07) is 9.60. The van der Waals surface area contributed by atoms with Crippen LogP contribution in [-0.4, -0.2) is 25.7 Å². The van der Waals surface area contributed by atoms with Gasteiger partial charge in [0.2, 0.25) is 0 Å². The number of carbonyl (C=O) groups is 1. The molecule has 0 fully saturated rings. The molecule has 0 bridgehead atoms. The molecule has 0 saturated heterocycles. The summed E-state index contributed by atoms with van der Waals surface area (Å²) < 4.78 is 6.93. The van der Waals surface area contributed by atoms with Crippen LogP contribution in [0, 0.1) is 6.92 Å². The van der Waals surface area contributed by atoms with Gasteiger partial charge in [-0.15, -0.1) is 0 Å². The maximum Gasteiger partial charge on any atom is 0.325 e. The molecule has 134 valence electrons. The number of aromatic amines is 2. The van der Waals surface area contributed by atoms with E-state index in [-0.39, 0.29) is 19.4 Å². The molecule has 0 spiro atoms. The van der Waals surface area contributed by atoms with Crippen LogP contribution in [0.25, 0.3) is 5.69 Å². The van der Waals surface area contributed by atoms with Crippen molar-refractivity contribution in [3.05, 3.63) is 80.4 Å². The van der Waals surface area contributed by atoms with Crippen molar-refractivity contribution in [2.24, 2.45) is 0 Å². The van der Waals surface area contributed by atoms with Crippen LogP contribution in [0.2, 0.25) is 0 Å². The van der Waals surface area contributed by atoms with E-state index in [0.29, 0.717) is 11.3 Å². The van der Waals surface area contributed by atoms with Crippen molar-refractivity contribution < 1.29 is 9.53 Å². The van der Waals surface area contributed by atoms with E-state index >= 15 is 0 Å². The largest absolute Gasteiger partial charge is 0.461 e. The Balaban J connectivity index is 1.54. The van der Waals surface area contributed by atoms with Crippen molar-refractivity contribution in [1.29, 1.82) is 0 Å². The van der Waals surface area contributed by atoms with Crippen LogP contribution < -0.4 is 11.2 Å². The second kappa shape index (κ2) is 7.64. The molecule has 0 atom stereocenters. The summed E-state index contributed by atoms with van der Waals surface area (Å²) >= 11 is 0. The number of aryl methyl sites for hydroxylation is 1. The Morgan fingerprint density at radius 1 is 1.19 bits per heavy atom. The van der Waals surface area contributed by atoms with Crippen LogP contribution in [0.5, 0.6) is 0 Å². The lowest BCUT2D eigenvalue weighted by molar-refractivity contribution is -0.144. The van der Waals surface area contributed by atoms with Gasteiger partial charge in [0, 0.05) is 29.4 Å². The predicted octanol–water partition coefficient (Wildman–Crippen LogP) is 1.23. The molecule has 2 heterocycles. The molecule has 0 saturated carbocycles. The van der Waals surface area contributed by atoms with Crippen LogP contribution >= 0.6 is 0 Å². The first-order valence-electron chi connectivity index (χ1n) is 8.09. The second-order valence-electron chi connectivity index (χ2n) is 5.80. The molecule has 8 heteroatoms. The summed E-state index contributed by atoms with van der Waals surface area (Å²) in [4.78, 5) is 39.5. The van der Waals surface area contributed by atoms with Gasteiger partial charge < -0.3 is 9.72 Å². The number of esters is 1. The van der Waals surface area contributed by atoms with E-state index in [4.69, 9.17) is 4.74 Å². The highest BCUT2D eigenvalue weighted by atomic mass is 16.5. The third kappa shape index (κ3) is 4.15. The fraction of sp³-hybridized carbons (Fsp3) is 0.222. The topological polar surface area (TPSA) is 110 Å². The molecule has 3 rings (SSSR count). The van der Waals surface area contributed by atoms with E-state index in [1.807, 2.05) is 30.3 Å². The Kier molecular flexibility index (Phi) is 5.12. The van der Waals surface area contributed by atoms with Crippen molar-refractivity contribution in [2.45, 2.75) is 26.4 Å². The number of nitrogens with one attached hydrogen (secondary N) is 2. The number of carbonyl (C=O) groups excluding carboxylic acids is 1. The molecule has 26 heavy (non-hydrogen) atoms. The number of H-pyrrole nitrogens is 2. The third-order valence-electron chi connectivity index (χ3n) is 3.89. The first kappa shape index (κ1) is 17.4. The van der Waals surface area contributed by atoms with E-state index < -0.39 is 17.2 Å². The highest BCUT2D eigenvalue weighted by Gasteiger charge is 2.11. The number of aromatic nitrogens is 4. The number of ether oxygens (including phenoxy) is 1. The van der Waals surface area contributed by atoms with Gasteiger partial charge in [-0.3, -0.25) is 14.6 Å². The maximum absolute atomic E-state index is 11.9. The summed E-state index contributed by atoms with van der Waals surface area (Å²) in [6.07, 6.45) is 3.67. The molecule has 0 aliphatic rings. The Morgan fingerprint density at radius 2 is 1.96 bits per heavy atom. The number of hydrogen-bond donors (Lipinski definition) is 2. The number of rotatable bonds is 6. The van der Waals surface area contributed by atoms with Gasteiger partial charge in [0.25, 0.3) is 5.56 Å². The Labute approximate surface area is 148 Å². The van der Waals surface area contributed by atoms with Crippen LogP contribution in [0.15, 0.2) is 52.3 Å². The lowest BCUT2D eigenvalue weighted by Crippen LogP contribution is -2.27. The fourth-order valence-electron chi connectivity index (χ4n) is 2.55. The van der Waals surface area contributed by atoms with Crippen molar-refractivity contribution >= 4 is 5.97 Å². The molecule has 8 nitrogen and oxygen atoms in total. The average Bonchev–Trinajstić information content (AvgIpc) is 3.09. The Morgan fingerprint density at radius 3 is 2.69 bits per heavy atom. The average molecular weight is 354 g/mol. The number of nitrogens with zero attached hydrogens (tertiary/aromatic N) is 2. The van der Waals surface area contributed by atoms with Crippen LogP contribution in [0.4, 0.5) is 0 Å².